The standard InChI is InChI=1S/C34H30N4O7S3/c1-16-5-9-19(10-6-16)38-32(40)27-22-14-23(28(27)33(38)41)29-26(22)25(30-31(46-29)37-34(42)47-30)17-3-2-4-20(13-17)45-15-24(39)36-18-7-11-21(12-8-18)48(35,43)44/h2-13,22-23,25-29H,14-15H2,1H3,(H,36,39)(H,37,42)(H2,35,43,44)/t22-,23-,25+,26-,27+,28+,29-/m1/s1. The minimum Gasteiger partial charge on any atom is -0.484 e. The molecular weight excluding hydrogens is 673 g/mol. The van der Waals surface area contributed by atoms with Crippen molar-refractivity contribution in [1.82, 2.24) is 4.98 Å². The highest BCUT2D eigenvalue weighted by Crippen LogP contribution is 2.68. The molecule has 0 radical (unpaired) electrons. The van der Waals surface area contributed by atoms with Gasteiger partial charge in [0.05, 0.1) is 27.4 Å². The molecule has 0 unspecified atom stereocenters. The van der Waals surface area contributed by atoms with E-state index in [0.717, 1.165) is 27.5 Å². The zero-order valence-corrected chi connectivity index (χ0v) is 27.9. The molecule has 2 bridgehead atoms. The minimum atomic E-state index is -3.85. The summed E-state index contributed by atoms with van der Waals surface area (Å²) in [6, 6.07) is 20.4. The number of imide groups is 1. The Morgan fingerprint density at radius 1 is 1.00 bits per heavy atom. The van der Waals surface area contributed by atoms with Crippen LogP contribution < -0.4 is 25.0 Å². The van der Waals surface area contributed by atoms with Crippen molar-refractivity contribution >= 4 is 62.2 Å². The number of nitrogens with one attached hydrogen (secondary N) is 2. The number of H-pyrrole nitrogens is 1. The number of aryl methyl sites for hydroxylation is 1. The molecule has 3 aromatic carbocycles. The smallest absolute Gasteiger partial charge is 0.305 e. The van der Waals surface area contributed by atoms with E-state index in [2.05, 4.69) is 10.3 Å². The molecule has 11 nitrogen and oxygen atoms in total. The molecule has 48 heavy (non-hydrogen) atoms. The van der Waals surface area contributed by atoms with Gasteiger partial charge < -0.3 is 15.0 Å². The third-order valence-electron chi connectivity index (χ3n) is 10.1. The molecule has 4 aliphatic rings. The van der Waals surface area contributed by atoms with Crippen LogP contribution in [0.5, 0.6) is 5.75 Å². The Hall–Kier alpha value is -4.24. The van der Waals surface area contributed by atoms with E-state index in [1.807, 2.05) is 49.4 Å². The van der Waals surface area contributed by atoms with Crippen LogP contribution in [-0.2, 0) is 24.4 Å². The summed E-state index contributed by atoms with van der Waals surface area (Å²) in [5.41, 5.74) is 2.96. The zero-order chi connectivity index (χ0) is 33.5. The molecule has 0 spiro atoms. The lowest BCUT2D eigenvalue weighted by Gasteiger charge is -2.43. The SMILES string of the molecule is Cc1ccc(N2C(=O)[C@H]3[C@H]4C[C@@H]([C@@H]3C2=O)[C@@H]2[C@H](c3cccc(OCC(=O)Nc5ccc(S(N)(=O)=O)cc5)c3)c3sc(=O)[nH]c3S[C@H]42)cc1. The fourth-order valence-corrected chi connectivity index (χ4v) is 11.6. The molecule has 14 heteroatoms. The number of carbonyl (C=O) groups excluding carboxylic acids is 3. The average Bonchev–Trinajstić information content (AvgIpc) is 3.79. The third-order valence-corrected chi connectivity index (χ3v) is 13.6. The van der Waals surface area contributed by atoms with Gasteiger partial charge in [-0.1, -0.05) is 41.2 Å². The lowest BCUT2D eigenvalue weighted by atomic mass is 9.68. The van der Waals surface area contributed by atoms with E-state index in [9.17, 15) is 27.6 Å². The van der Waals surface area contributed by atoms with Crippen molar-refractivity contribution in [2.24, 2.45) is 34.7 Å². The lowest BCUT2D eigenvalue weighted by molar-refractivity contribution is -0.123. The number of ether oxygens (including phenoxy) is 1. The van der Waals surface area contributed by atoms with Gasteiger partial charge in [0, 0.05) is 21.7 Å². The number of rotatable bonds is 7. The average molecular weight is 703 g/mol. The van der Waals surface area contributed by atoms with Gasteiger partial charge in [0.1, 0.15) is 5.75 Å². The summed E-state index contributed by atoms with van der Waals surface area (Å²) >= 11 is 2.81. The van der Waals surface area contributed by atoms with Crippen LogP contribution >= 0.6 is 23.1 Å². The Morgan fingerprint density at radius 3 is 2.42 bits per heavy atom. The number of benzene rings is 3. The second kappa shape index (κ2) is 11.4. The van der Waals surface area contributed by atoms with Gasteiger partial charge >= 0.3 is 4.87 Å². The van der Waals surface area contributed by atoms with E-state index in [1.54, 1.807) is 17.8 Å². The first-order valence-electron chi connectivity index (χ1n) is 15.5. The Balaban J connectivity index is 1.05. The van der Waals surface area contributed by atoms with Gasteiger partial charge in [-0.3, -0.25) is 24.1 Å². The summed E-state index contributed by atoms with van der Waals surface area (Å²) < 4.78 is 28.9. The molecule has 2 saturated carbocycles. The van der Waals surface area contributed by atoms with Crippen molar-refractivity contribution in [3.63, 3.8) is 0 Å². The zero-order valence-electron chi connectivity index (χ0n) is 25.5. The van der Waals surface area contributed by atoms with Crippen LogP contribution in [0, 0.1) is 36.5 Å². The van der Waals surface area contributed by atoms with Gasteiger partial charge in [0.2, 0.25) is 21.8 Å². The normalized spacial score (nSPS) is 27.0. The van der Waals surface area contributed by atoms with Crippen molar-refractivity contribution < 1.29 is 27.5 Å². The van der Waals surface area contributed by atoms with E-state index in [1.165, 1.54) is 40.5 Å². The number of aromatic amines is 1. The van der Waals surface area contributed by atoms with E-state index >= 15 is 0 Å². The molecule has 4 aromatic rings. The van der Waals surface area contributed by atoms with Crippen molar-refractivity contribution in [2.75, 3.05) is 16.8 Å². The number of sulfonamides is 1. The van der Waals surface area contributed by atoms with Gasteiger partial charge in [-0.25, -0.2) is 13.6 Å². The number of carbonyl (C=O) groups is 3. The van der Waals surface area contributed by atoms with Crippen LogP contribution in [0.15, 0.2) is 87.5 Å². The predicted octanol–water partition coefficient (Wildman–Crippen LogP) is 4.09. The number of fused-ring (bicyclic) bond motifs is 9. The van der Waals surface area contributed by atoms with Crippen LogP contribution in [0.2, 0.25) is 0 Å². The molecule has 2 aliphatic carbocycles. The van der Waals surface area contributed by atoms with Crippen LogP contribution in [0.3, 0.4) is 0 Å². The number of hydrogen-bond acceptors (Lipinski definition) is 9. The largest absolute Gasteiger partial charge is 0.484 e. The number of hydrogen-bond donors (Lipinski definition) is 3. The first kappa shape index (κ1) is 31.1. The van der Waals surface area contributed by atoms with E-state index in [-0.39, 0.29) is 63.0 Å². The molecular formula is C34H30N4O7S3. The van der Waals surface area contributed by atoms with Crippen LogP contribution in [0.1, 0.15) is 28.3 Å². The number of amides is 3. The van der Waals surface area contributed by atoms with Gasteiger partial charge in [-0.05, 0) is 85.2 Å². The molecule has 246 valence electrons. The summed E-state index contributed by atoms with van der Waals surface area (Å²) in [5.74, 6) is -1.24. The summed E-state index contributed by atoms with van der Waals surface area (Å²) in [6.07, 6.45) is 0.779. The van der Waals surface area contributed by atoms with Crippen molar-refractivity contribution in [1.29, 1.82) is 0 Å². The molecule has 3 amide bonds. The number of primary sulfonamides is 1. The molecule has 1 saturated heterocycles. The maximum Gasteiger partial charge on any atom is 0.305 e. The van der Waals surface area contributed by atoms with Crippen molar-refractivity contribution in [3.05, 3.63) is 98.5 Å². The predicted molar refractivity (Wildman–Crippen MR) is 181 cm³/mol. The molecule has 1 aromatic heterocycles. The number of anilines is 2. The van der Waals surface area contributed by atoms with Crippen molar-refractivity contribution in [3.8, 4) is 5.75 Å². The molecule has 7 atom stereocenters. The van der Waals surface area contributed by atoms with Gasteiger partial charge in [0.25, 0.3) is 5.91 Å². The Labute approximate surface area is 283 Å². The molecule has 4 N–H and O–H groups in total. The van der Waals surface area contributed by atoms with Crippen LogP contribution in [0.4, 0.5) is 11.4 Å². The van der Waals surface area contributed by atoms with Crippen LogP contribution in [-0.4, -0.2) is 43.0 Å². The fraction of sp³-hybridized carbons (Fsp3) is 0.294. The highest BCUT2D eigenvalue weighted by molar-refractivity contribution is 8.00. The second-order valence-corrected chi connectivity index (χ2v) is 16.6. The van der Waals surface area contributed by atoms with Gasteiger partial charge in [0.15, 0.2) is 6.61 Å². The van der Waals surface area contributed by atoms with Gasteiger partial charge in [-0.2, -0.15) is 0 Å². The highest BCUT2D eigenvalue weighted by Gasteiger charge is 2.69. The summed E-state index contributed by atoms with van der Waals surface area (Å²) in [6.45, 7) is 1.67. The van der Waals surface area contributed by atoms with E-state index < -0.39 is 21.8 Å². The van der Waals surface area contributed by atoms with Crippen molar-refractivity contribution in [2.45, 2.75) is 34.4 Å². The quantitative estimate of drug-likeness (QED) is 0.242. The molecule has 3 fully saturated rings. The Bertz CT molecular complexity index is 2150. The Kier molecular flexibility index (Phi) is 7.40. The monoisotopic (exact) mass is 702 g/mol. The molecule has 8 rings (SSSR count). The summed E-state index contributed by atoms with van der Waals surface area (Å²) in [7, 11) is -3.85. The summed E-state index contributed by atoms with van der Waals surface area (Å²) in [5, 5.41) is 8.68. The van der Waals surface area contributed by atoms with Crippen LogP contribution in [0.25, 0.3) is 0 Å². The maximum absolute atomic E-state index is 14.0. The first-order valence-corrected chi connectivity index (χ1v) is 18.7. The molecule has 2 aliphatic heterocycles. The number of aromatic nitrogens is 1. The second-order valence-electron chi connectivity index (χ2n) is 12.8. The number of thiazole rings is 1. The maximum atomic E-state index is 14.0. The number of thioether (sulfide) groups is 1. The minimum absolute atomic E-state index is 0.00287. The topological polar surface area (TPSA) is 169 Å². The number of nitrogens with two attached hydrogens (primary N) is 1. The van der Waals surface area contributed by atoms with E-state index in [4.69, 9.17) is 9.88 Å². The fourth-order valence-electron chi connectivity index (χ4n) is 8.21. The third kappa shape index (κ3) is 5.09. The van der Waals surface area contributed by atoms with Gasteiger partial charge in [-0.15, -0.1) is 11.8 Å². The lowest BCUT2D eigenvalue weighted by Crippen LogP contribution is -2.42. The highest BCUT2D eigenvalue weighted by atomic mass is 32.2. The summed E-state index contributed by atoms with van der Waals surface area (Å²) in [4.78, 5) is 58.3. The number of nitrogens with zero attached hydrogens (tertiary/aromatic N) is 1. The first-order chi connectivity index (χ1) is 23.0. The Morgan fingerprint density at radius 2 is 1.71 bits per heavy atom. The van der Waals surface area contributed by atoms with E-state index in [0.29, 0.717) is 17.1 Å². The molecule has 3 heterocycles.